The molecule has 0 amide bonds. The van der Waals surface area contributed by atoms with E-state index < -0.39 is 46.6 Å². The van der Waals surface area contributed by atoms with E-state index in [9.17, 15) is 19.2 Å². The SMILES string of the molecule is [2H]c1c(Cl)c([2H])c2[nH]c(C(=O)O)cc(=O)c2c1[2H].[2H]c1c(Cl)c([2H])c2[nH]c(C(=O)OCC)cc(=O)c2c1[2H]. The number of H-pyrrole nitrogens is 2. The molecule has 0 bridgehead atoms. The zero-order valence-corrected chi connectivity index (χ0v) is 17.6. The fraction of sp³-hybridized carbons (Fsp3) is 0.0909. The Morgan fingerprint density at radius 2 is 1.41 bits per heavy atom. The first-order chi connectivity index (χ1) is 17.7. The van der Waals surface area contributed by atoms with Crippen molar-refractivity contribution in [1.29, 1.82) is 0 Å². The highest BCUT2D eigenvalue weighted by Gasteiger charge is 2.10. The molecule has 0 aliphatic heterocycles. The number of benzene rings is 2. The Labute approximate surface area is 198 Å². The van der Waals surface area contributed by atoms with Crippen LogP contribution in [0.5, 0.6) is 0 Å². The number of rotatable bonds is 3. The van der Waals surface area contributed by atoms with Crippen molar-refractivity contribution in [2.75, 3.05) is 6.61 Å². The highest BCUT2D eigenvalue weighted by molar-refractivity contribution is 6.31. The quantitative estimate of drug-likeness (QED) is 0.376. The lowest BCUT2D eigenvalue weighted by atomic mass is 10.2. The summed E-state index contributed by atoms with van der Waals surface area (Å²) >= 11 is 11.5. The van der Waals surface area contributed by atoms with E-state index in [1.54, 1.807) is 6.92 Å². The van der Waals surface area contributed by atoms with E-state index in [4.69, 9.17) is 41.3 Å². The van der Waals surface area contributed by atoms with E-state index in [1.165, 1.54) is 0 Å². The number of carbonyl (C=O) groups is 2. The third kappa shape index (κ3) is 5.16. The molecule has 2 aromatic heterocycles. The number of fused-ring (bicyclic) bond motifs is 2. The Morgan fingerprint density at radius 1 is 0.938 bits per heavy atom. The van der Waals surface area contributed by atoms with Crippen LogP contribution in [0.25, 0.3) is 21.8 Å². The molecule has 4 rings (SSSR count). The van der Waals surface area contributed by atoms with Gasteiger partial charge in [0.2, 0.25) is 0 Å². The van der Waals surface area contributed by atoms with Crippen molar-refractivity contribution in [2.24, 2.45) is 0 Å². The molecule has 0 saturated heterocycles. The van der Waals surface area contributed by atoms with E-state index in [2.05, 4.69) is 9.97 Å². The van der Waals surface area contributed by atoms with E-state index in [0.29, 0.717) is 0 Å². The Bertz CT molecular complexity index is 1770. The van der Waals surface area contributed by atoms with Gasteiger partial charge < -0.3 is 19.8 Å². The van der Waals surface area contributed by atoms with Crippen LogP contribution in [0.4, 0.5) is 0 Å². The van der Waals surface area contributed by atoms with Gasteiger partial charge in [-0.3, -0.25) is 9.59 Å². The summed E-state index contributed by atoms with van der Waals surface area (Å²) in [6.07, 6.45) is 0. The monoisotopic (exact) mass is 480 g/mol. The predicted octanol–water partition coefficient (Wildman–Crippen LogP) is 4.24. The maximum absolute atomic E-state index is 12.0. The minimum atomic E-state index is -1.36. The van der Waals surface area contributed by atoms with Crippen LogP contribution in [-0.2, 0) is 4.74 Å². The molecule has 0 fully saturated rings. The number of halogens is 2. The Hall–Kier alpha value is -3.62. The predicted molar refractivity (Wildman–Crippen MR) is 122 cm³/mol. The van der Waals surface area contributed by atoms with Gasteiger partial charge in [-0.05, 0) is 43.2 Å². The lowest BCUT2D eigenvalue weighted by Crippen LogP contribution is -2.12. The topological polar surface area (TPSA) is 129 Å². The van der Waals surface area contributed by atoms with Crippen molar-refractivity contribution in [3.05, 3.63) is 90.3 Å². The fourth-order valence-corrected chi connectivity index (χ4v) is 2.79. The Kier molecular flexibility index (Phi) is 4.86. The van der Waals surface area contributed by atoms with Crippen molar-refractivity contribution in [3.8, 4) is 0 Å². The molecule has 32 heavy (non-hydrogen) atoms. The number of nitrogens with one attached hydrogen (secondary N) is 2. The van der Waals surface area contributed by atoms with Crippen molar-refractivity contribution in [2.45, 2.75) is 6.92 Å². The molecule has 2 aromatic carbocycles. The van der Waals surface area contributed by atoms with Crippen molar-refractivity contribution in [3.63, 3.8) is 0 Å². The third-order valence-corrected chi connectivity index (χ3v) is 4.23. The lowest BCUT2D eigenvalue weighted by Gasteiger charge is -2.04. The second-order valence-corrected chi connectivity index (χ2v) is 6.75. The highest BCUT2D eigenvalue weighted by Crippen LogP contribution is 2.16. The van der Waals surface area contributed by atoms with Crippen molar-refractivity contribution in [1.82, 2.24) is 9.97 Å². The van der Waals surface area contributed by atoms with E-state index >= 15 is 0 Å². The summed E-state index contributed by atoms with van der Waals surface area (Å²) in [5, 5.41) is 7.90. The number of aromatic amines is 2. The molecule has 0 unspecified atom stereocenters. The first-order valence-corrected chi connectivity index (χ1v) is 9.53. The van der Waals surface area contributed by atoms with Crippen LogP contribution in [0.1, 0.15) is 36.1 Å². The molecule has 0 radical (unpaired) electrons. The first-order valence-electron chi connectivity index (χ1n) is 11.8. The van der Waals surface area contributed by atoms with Gasteiger partial charge in [0.1, 0.15) is 11.4 Å². The van der Waals surface area contributed by atoms with Gasteiger partial charge in [-0.2, -0.15) is 0 Å². The Balaban J connectivity index is 0.000000212. The average Bonchev–Trinajstić information content (AvgIpc) is 2.87. The van der Waals surface area contributed by atoms with Crippen molar-refractivity contribution < 1.29 is 27.7 Å². The second kappa shape index (κ2) is 9.67. The minimum absolute atomic E-state index is 0.0495. The molecule has 0 saturated carbocycles. The molecule has 10 heteroatoms. The summed E-state index contributed by atoms with van der Waals surface area (Å²) in [6, 6.07) is -0.484. The number of esters is 1. The minimum Gasteiger partial charge on any atom is -0.477 e. The number of ether oxygens (including phenoxy) is 1. The van der Waals surface area contributed by atoms with Gasteiger partial charge in [0.25, 0.3) is 0 Å². The summed E-state index contributed by atoms with van der Waals surface area (Å²) < 4.78 is 50.7. The Morgan fingerprint density at radius 3 is 1.88 bits per heavy atom. The molecular weight excluding hydrogens is 459 g/mol. The molecular formula is C22H16Cl2N2O6. The number of aromatic nitrogens is 2. The standard InChI is InChI=1S/C12H10ClNO3.C10H6ClNO3/c1-2-17-12(16)10-6-11(15)8-4-3-7(13)5-9(8)14-10;11-5-1-2-6-7(3-5)12-8(10(14)15)4-9(6)13/h3-6H,2H2,1H3,(H,14,15);1-4H,(H,12,13)(H,14,15)/i3D,4D,5D;1D,2D,3D. The van der Waals surface area contributed by atoms with Gasteiger partial charge in [-0.25, -0.2) is 9.59 Å². The van der Waals surface area contributed by atoms with Gasteiger partial charge in [0.05, 0.1) is 25.9 Å². The number of pyridine rings is 2. The molecule has 4 aromatic rings. The molecule has 0 aliphatic carbocycles. The summed E-state index contributed by atoms with van der Waals surface area (Å²) in [5.41, 5.74) is -2.08. The lowest BCUT2D eigenvalue weighted by molar-refractivity contribution is 0.0519. The van der Waals surface area contributed by atoms with Crippen LogP contribution in [0.2, 0.25) is 10.0 Å². The van der Waals surface area contributed by atoms with E-state index in [1.807, 2.05) is 0 Å². The highest BCUT2D eigenvalue weighted by atomic mass is 35.5. The fourth-order valence-electron chi connectivity index (χ4n) is 2.51. The van der Waals surface area contributed by atoms with Crippen molar-refractivity contribution >= 4 is 56.9 Å². The first kappa shape index (κ1) is 16.1. The van der Waals surface area contributed by atoms with Gasteiger partial charge in [-0.1, -0.05) is 23.2 Å². The maximum Gasteiger partial charge on any atom is 0.354 e. The van der Waals surface area contributed by atoms with E-state index in [-0.39, 0.29) is 62.3 Å². The number of carbonyl (C=O) groups excluding carboxylic acids is 1. The zero-order valence-electron chi connectivity index (χ0n) is 22.1. The molecule has 8 nitrogen and oxygen atoms in total. The number of carboxylic acids is 1. The molecule has 3 N–H and O–H groups in total. The van der Waals surface area contributed by atoms with E-state index in [0.717, 1.165) is 12.1 Å². The van der Waals surface area contributed by atoms with Crippen LogP contribution in [0, 0.1) is 0 Å². The molecule has 2 heterocycles. The smallest absolute Gasteiger partial charge is 0.354 e. The number of hydrogen-bond donors (Lipinski definition) is 3. The number of carboxylic acid groups (broad SMARTS) is 1. The van der Waals surface area contributed by atoms with Crippen LogP contribution in [-0.4, -0.2) is 33.6 Å². The summed E-state index contributed by atoms with van der Waals surface area (Å²) in [7, 11) is 0. The molecule has 164 valence electrons. The summed E-state index contributed by atoms with van der Waals surface area (Å²) in [6.45, 7) is 1.76. The number of aromatic carboxylic acids is 1. The normalized spacial score (nSPS) is 13.1. The largest absolute Gasteiger partial charge is 0.477 e. The molecule has 0 spiro atoms. The number of hydrogen-bond acceptors (Lipinski definition) is 5. The van der Waals surface area contributed by atoms with Crippen LogP contribution < -0.4 is 10.9 Å². The molecule has 0 aliphatic rings. The summed E-state index contributed by atoms with van der Waals surface area (Å²) in [5.74, 6) is -2.09. The maximum atomic E-state index is 12.0. The second-order valence-electron chi connectivity index (χ2n) is 6.00. The summed E-state index contributed by atoms with van der Waals surface area (Å²) in [4.78, 5) is 51.1. The third-order valence-electron chi connectivity index (χ3n) is 3.85. The van der Waals surface area contributed by atoms with Gasteiger partial charge in [0, 0.05) is 33.0 Å². The van der Waals surface area contributed by atoms with Gasteiger partial charge >= 0.3 is 11.9 Å². The van der Waals surface area contributed by atoms with Gasteiger partial charge in [0.15, 0.2) is 10.9 Å². The van der Waals surface area contributed by atoms with Crippen LogP contribution in [0.3, 0.4) is 0 Å². The van der Waals surface area contributed by atoms with Crippen LogP contribution in [0.15, 0.2) is 58.0 Å². The van der Waals surface area contributed by atoms with Crippen LogP contribution >= 0.6 is 23.2 Å². The molecule has 0 atom stereocenters. The van der Waals surface area contributed by atoms with Gasteiger partial charge in [-0.15, -0.1) is 0 Å². The average molecular weight is 481 g/mol. The zero-order chi connectivity index (χ0) is 28.6.